The van der Waals surface area contributed by atoms with E-state index in [1.165, 1.54) is 12.5 Å². The van der Waals surface area contributed by atoms with Crippen LogP contribution in [-0.2, 0) is 20.8 Å². The normalized spacial score (nSPS) is 33.5. The van der Waals surface area contributed by atoms with Crippen LogP contribution in [0.5, 0.6) is 0 Å². The fourth-order valence-corrected chi connectivity index (χ4v) is 4.13. The predicted octanol–water partition coefficient (Wildman–Crippen LogP) is 0.212. The summed E-state index contributed by atoms with van der Waals surface area (Å²) in [7, 11) is 0. The number of carboxylic acid groups (broad SMARTS) is 1. The molecule has 0 spiro atoms. The van der Waals surface area contributed by atoms with Gasteiger partial charge < -0.3 is 10.1 Å². The SMILES string of the molecule is O=C(O)[C@H](Cc1cnc[nH]1)N1C(=O)[C@@H]2[C@@H](C1=O)[C@H]1C=C[C@H]2C1. The molecule has 7 heteroatoms. The molecule has 4 rings (SSSR count). The fourth-order valence-electron chi connectivity index (χ4n) is 4.13. The summed E-state index contributed by atoms with van der Waals surface area (Å²) < 4.78 is 0. The number of nitrogens with one attached hydrogen (secondary N) is 1. The number of carbonyl (C=O) groups excluding carboxylic acids is 2. The van der Waals surface area contributed by atoms with Crippen molar-refractivity contribution in [1.82, 2.24) is 14.9 Å². The number of H-pyrrole nitrogens is 1. The third-order valence-electron chi connectivity index (χ3n) is 5.07. The molecular weight excluding hydrogens is 286 g/mol. The summed E-state index contributed by atoms with van der Waals surface area (Å²) in [5.41, 5.74) is 0.589. The van der Waals surface area contributed by atoms with E-state index in [4.69, 9.17) is 0 Å². The summed E-state index contributed by atoms with van der Waals surface area (Å²) in [5.74, 6) is -2.41. The molecule has 1 aliphatic heterocycles. The third kappa shape index (κ3) is 1.68. The molecule has 2 amide bonds. The number of aromatic nitrogens is 2. The van der Waals surface area contributed by atoms with Crippen LogP contribution in [0.2, 0.25) is 0 Å². The number of rotatable bonds is 4. The zero-order valence-electron chi connectivity index (χ0n) is 11.7. The van der Waals surface area contributed by atoms with E-state index in [0.29, 0.717) is 5.69 Å². The minimum Gasteiger partial charge on any atom is -0.480 e. The molecule has 1 saturated heterocycles. The number of aromatic amines is 1. The number of imide groups is 1. The Labute approximate surface area is 126 Å². The monoisotopic (exact) mass is 301 g/mol. The van der Waals surface area contributed by atoms with E-state index in [0.717, 1.165) is 11.3 Å². The van der Waals surface area contributed by atoms with Crippen molar-refractivity contribution >= 4 is 17.8 Å². The van der Waals surface area contributed by atoms with Gasteiger partial charge in [0.05, 0.1) is 18.2 Å². The Morgan fingerprint density at radius 3 is 2.45 bits per heavy atom. The first-order valence-electron chi connectivity index (χ1n) is 7.33. The van der Waals surface area contributed by atoms with Crippen molar-refractivity contribution in [3.63, 3.8) is 0 Å². The van der Waals surface area contributed by atoms with Crippen LogP contribution >= 0.6 is 0 Å². The van der Waals surface area contributed by atoms with Gasteiger partial charge in [-0.2, -0.15) is 0 Å². The highest BCUT2D eigenvalue weighted by Gasteiger charge is 2.61. The quantitative estimate of drug-likeness (QED) is 0.611. The van der Waals surface area contributed by atoms with Crippen molar-refractivity contribution in [3.05, 3.63) is 30.4 Å². The van der Waals surface area contributed by atoms with Gasteiger partial charge in [-0.1, -0.05) is 12.2 Å². The summed E-state index contributed by atoms with van der Waals surface area (Å²) in [5, 5.41) is 9.48. The van der Waals surface area contributed by atoms with Gasteiger partial charge in [-0.25, -0.2) is 9.78 Å². The highest BCUT2D eigenvalue weighted by atomic mass is 16.4. The Morgan fingerprint density at radius 2 is 1.95 bits per heavy atom. The second-order valence-electron chi connectivity index (χ2n) is 6.18. The number of hydrogen-bond donors (Lipinski definition) is 2. The second kappa shape index (κ2) is 4.53. The first-order chi connectivity index (χ1) is 10.6. The summed E-state index contributed by atoms with van der Waals surface area (Å²) in [6.45, 7) is 0. The lowest BCUT2D eigenvalue weighted by atomic mass is 9.85. The molecule has 22 heavy (non-hydrogen) atoms. The Morgan fingerprint density at radius 1 is 1.32 bits per heavy atom. The van der Waals surface area contributed by atoms with Gasteiger partial charge >= 0.3 is 5.97 Å². The average molecular weight is 301 g/mol. The lowest BCUT2D eigenvalue weighted by molar-refractivity contribution is -0.155. The number of likely N-dealkylation sites (tertiary alicyclic amines) is 1. The number of aliphatic carboxylic acids is 1. The third-order valence-corrected chi connectivity index (χ3v) is 5.07. The molecule has 2 bridgehead atoms. The maximum atomic E-state index is 12.6. The molecule has 5 atom stereocenters. The number of fused-ring (bicyclic) bond motifs is 5. The van der Waals surface area contributed by atoms with E-state index in [9.17, 15) is 19.5 Å². The predicted molar refractivity (Wildman–Crippen MR) is 73.3 cm³/mol. The van der Waals surface area contributed by atoms with E-state index in [1.807, 2.05) is 12.2 Å². The lowest BCUT2D eigenvalue weighted by Crippen LogP contribution is -2.47. The smallest absolute Gasteiger partial charge is 0.327 e. The average Bonchev–Trinajstić information content (AvgIpc) is 3.23. The van der Waals surface area contributed by atoms with Crippen LogP contribution < -0.4 is 0 Å². The topological polar surface area (TPSA) is 103 Å². The molecule has 1 saturated carbocycles. The van der Waals surface area contributed by atoms with Crippen LogP contribution in [0, 0.1) is 23.7 Å². The Bertz CT molecular complexity index is 651. The van der Waals surface area contributed by atoms with Crippen molar-refractivity contribution in [1.29, 1.82) is 0 Å². The molecule has 3 aliphatic rings. The standard InChI is InChI=1S/C15H15N3O4/c19-13-11-7-1-2-8(3-7)12(11)14(20)18(13)10(15(21)22)4-9-5-16-6-17-9/h1-2,5-8,10-12H,3-4H2,(H,16,17)(H,21,22)/t7-,8-,10-,11-,12-/m0/s1. The summed E-state index contributed by atoms with van der Waals surface area (Å²) in [6.07, 6.45) is 7.82. The lowest BCUT2D eigenvalue weighted by Gasteiger charge is -2.24. The summed E-state index contributed by atoms with van der Waals surface area (Å²) >= 11 is 0. The van der Waals surface area contributed by atoms with Gasteiger partial charge in [0.25, 0.3) is 0 Å². The Hall–Kier alpha value is -2.44. The van der Waals surface area contributed by atoms with Crippen LogP contribution in [0.15, 0.2) is 24.7 Å². The van der Waals surface area contributed by atoms with E-state index < -0.39 is 12.0 Å². The molecule has 114 valence electrons. The van der Waals surface area contributed by atoms with E-state index in [-0.39, 0.29) is 41.9 Å². The molecule has 1 aromatic heterocycles. The molecular formula is C15H15N3O4. The van der Waals surface area contributed by atoms with Gasteiger partial charge in [0.1, 0.15) is 6.04 Å². The first-order valence-corrected chi connectivity index (χ1v) is 7.33. The van der Waals surface area contributed by atoms with Gasteiger partial charge in [-0.3, -0.25) is 14.5 Å². The number of hydrogen-bond acceptors (Lipinski definition) is 4. The highest BCUT2D eigenvalue weighted by molar-refractivity contribution is 6.08. The zero-order valence-corrected chi connectivity index (χ0v) is 11.7. The fraction of sp³-hybridized carbons (Fsp3) is 0.467. The van der Waals surface area contributed by atoms with E-state index >= 15 is 0 Å². The van der Waals surface area contributed by atoms with Crippen molar-refractivity contribution < 1.29 is 19.5 Å². The van der Waals surface area contributed by atoms with Crippen molar-refractivity contribution in [2.75, 3.05) is 0 Å². The second-order valence-corrected chi connectivity index (χ2v) is 6.18. The number of carboxylic acids is 1. The van der Waals surface area contributed by atoms with Crippen LogP contribution in [0.25, 0.3) is 0 Å². The molecule has 0 aromatic carbocycles. The first kappa shape index (κ1) is 13.2. The molecule has 1 aromatic rings. The molecule has 2 fully saturated rings. The molecule has 2 N–H and O–H groups in total. The largest absolute Gasteiger partial charge is 0.480 e. The minimum absolute atomic E-state index is 0.0506. The minimum atomic E-state index is -1.18. The van der Waals surface area contributed by atoms with Crippen LogP contribution in [0.4, 0.5) is 0 Å². The van der Waals surface area contributed by atoms with Gasteiger partial charge in [0.2, 0.25) is 11.8 Å². The van der Waals surface area contributed by atoms with E-state index in [1.54, 1.807) is 0 Å². The maximum absolute atomic E-state index is 12.6. The van der Waals surface area contributed by atoms with Gasteiger partial charge in [-0.15, -0.1) is 0 Å². The van der Waals surface area contributed by atoms with Crippen molar-refractivity contribution in [2.24, 2.45) is 23.7 Å². The zero-order chi connectivity index (χ0) is 15.4. The van der Waals surface area contributed by atoms with Crippen LogP contribution in [0.3, 0.4) is 0 Å². The Kier molecular flexibility index (Phi) is 2.72. The molecule has 0 radical (unpaired) electrons. The summed E-state index contributed by atoms with van der Waals surface area (Å²) in [4.78, 5) is 44.5. The van der Waals surface area contributed by atoms with Gasteiger partial charge in [0, 0.05) is 18.3 Å². The number of carbonyl (C=O) groups is 3. The number of nitrogens with zero attached hydrogens (tertiary/aromatic N) is 2. The van der Waals surface area contributed by atoms with Crippen molar-refractivity contribution in [3.8, 4) is 0 Å². The molecule has 0 unspecified atom stereocenters. The number of allylic oxidation sites excluding steroid dienone is 2. The summed E-state index contributed by atoms with van der Waals surface area (Å²) in [6, 6.07) is -1.18. The number of amides is 2. The van der Waals surface area contributed by atoms with Crippen LogP contribution in [-0.4, -0.2) is 43.8 Å². The van der Waals surface area contributed by atoms with Crippen LogP contribution in [0.1, 0.15) is 12.1 Å². The van der Waals surface area contributed by atoms with Gasteiger partial charge in [0.15, 0.2) is 0 Å². The van der Waals surface area contributed by atoms with Gasteiger partial charge in [-0.05, 0) is 18.3 Å². The number of imidazole rings is 1. The van der Waals surface area contributed by atoms with E-state index in [2.05, 4.69) is 9.97 Å². The maximum Gasteiger partial charge on any atom is 0.327 e. The molecule has 2 aliphatic carbocycles. The van der Waals surface area contributed by atoms with Crippen molar-refractivity contribution in [2.45, 2.75) is 18.9 Å². The molecule has 7 nitrogen and oxygen atoms in total. The molecule has 2 heterocycles. The Balaban J connectivity index is 1.65. The highest BCUT2D eigenvalue weighted by Crippen LogP contribution is 2.52.